The molecule has 1 N–H and O–H groups in total. The van der Waals surface area contributed by atoms with E-state index >= 15 is 0 Å². The van der Waals surface area contributed by atoms with Crippen LogP contribution < -0.4 is 5.32 Å². The lowest BCUT2D eigenvalue weighted by Gasteiger charge is -2.12. The van der Waals surface area contributed by atoms with Crippen LogP contribution in [-0.2, 0) is 4.74 Å². The molecule has 1 atom stereocenters. The monoisotopic (exact) mass is 179 g/mol. The van der Waals surface area contributed by atoms with Gasteiger partial charge in [-0.05, 0) is 13.0 Å². The Kier molecular flexibility index (Phi) is 2.84. The van der Waals surface area contributed by atoms with Crippen molar-refractivity contribution in [1.82, 2.24) is 15.3 Å². The van der Waals surface area contributed by atoms with E-state index in [-0.39, 0.29) is 6.10 Å². The number of hydrogen-bond donors (Lipinski definition) is 1. The molecule has 0 amide bonds. The van der Waals surface area contributed by atoms with E-state index in [1.54, 1.807) is 18.6 Å². The van der Waals surface area contributed by atoms with Crippen molar-refractivity contribution in [1.29, 1.82) is 0 Å². The van der Waals surface area contributed by atoms with Crippen molar-refractivity contribution in [2.24, 2.45) is 0 Å². The Balaban J connectivity index is 2.06. The number of nitrogens with zero attached hydrogens (tertiary/aromatic N) is 2. The average Bonchev–Trinajstić information content (AvgIpc) is 2.47. The summed E-state index contributed by atoms with van der Waals surface area (Å²) in [5, 5.41) is 3.27. The summed E-state index contributed by atoms with van der Waals surface area (Å²) in [6, 6.07) is 0. The summed E-state index contributed by atoms with van der Waals surface area (Å²) < 4.78 is 5.62. The van der Waals surface area contributed by atoms with Crippen LogP contribution in [0, 0.1) is 0 Å². The minimum Gasteiger partial charge on any atom is -0.370 e. The van der Waals surface area contributed by atoms with E-state index in [0.717, 1.165) is 31.8 Å². The van der Waals surface area contributed by atoms with Crippen LogP contribution in [0.3, 0.4) is 0 Å². The summed E-state index contributed by atoms with van der Waals surface area (Å²) in [7, 11) is 0. The molecule has 0 unspecified atom stereocenters. The van der Waals surface area contributed by atoms with E-state index < -0.39 is 0 Å². The van der Waals surface area contributed by atoms with Gasteiger partial charge in [-0.3, -0.25) is 9.97 Å². The Labute approximate surface area is 77.4 Å². The highest BCUT2D eigenvalue weighted by atomic mass is 16.5. The molecule has 0 aliphatic carbocycles. The van der Waals surface area contributed by atoms with E-state index in [1.807, 2.05) is 0 Å². The van der Waals surface area contributed by atoms with Gasteiger partial charge in [0.1, 0.15) is 6.10 Å². The van der Waals surface area contributed by atoms with Gasteiger partial charge in [-0.15, -0.1) is 0 Å². The molecular weight excluding hydrogens is 166 g/mol. The Morgan fingerprint density at radius 2 is 2.38 bits per heavy atom. The molecule has 4 heteroatoms. The van der Waals surface area contributed by atoms with Crippen molar-refractivity contribution >= 4 is 0 Å². The Hall–Kier alpha value is -1.00. The number of ether oxygens (including phenoxy) is 1. The van der Waals surface area contributed by atoms with Gasteiger partial charge in [0.25, 0.3) is 0 Å². The Morgan fingerprint density at radius 3 is 3.23 bits per heavy atom. The maximum Gasteiger partial charge on any atom is 0.102 e. The molecule has 13 heavy (non-hydrogen) atoms. The molecule has 1 aromatic rings. The molecule has 0 spiro atoms. The lowest BCUT2D eigenvalue weighted by atomic mass is 10.2. The van der Waals surface area contributed by atoms with Gasteiger partial charge in [-0.1, -0.05) is 0 Å². The van der Waals surface area contributed by atoms with Gasteiger partial charge in [0.05, 0.1) is 18.5 Å². The van der Waals surface area contributed by atoms with E-state index in [0.29, 0.717) is 0 Å². The van der Waals surface area contributed by atoms with Gasteiger partial charge >= 0.3 is 0 Å². The lowest BCUT2D eigenvalue weighted by molar-refractivity contribution is 0.0611. The van der Waals surface area contributed by atoms with Gasteiger partial charge in [-0.2, -0.15) is 0 Å². The van der Waals surface area contributed by atoms with Crippen molar-refractivity contribution < 1.29 is 4.74 Å². The van der Waals surface area contributed by atoms with E-state index in [9.17, 15) is 0 Å². The van der Waals surface area contributed by atoms with Crippen LogP contribution in [0.15, 0.2) is 18.6 Å². The number of hydrogen-bond acceptors (Lipinski definition) is 4. The third-order valence-electron chi connectivity index (χ3n) is 2.09. The van der Waals surface area contributed by atoms with Gasteiger partial charge in [0.2, 0.25) is 0 Å². The molecule has 1 aliphatic rings. The van der Waals surface area contributed by atoms with Crippen molar-refractivity contribution in [3.8, 4) is 0 Å². The first-order valence-corrected chi connectivity index (χ1v) is 4.55. The second kappa shape index (κ2) is 4.30. The molecule has 1 aromatic heterocycles. The first-order chi connectivity index (χ1) is 6.47. The molecule has 0 saturated carbocycles. The van der Waals surface area contributed by atoms with Crippen LogP contribution >= 0.6 is 0 Å². The van der Waals surface area contributed by atoms with Crippen molar-refractivity contribution in [2.45, 2.75) is 12.5 Å². The predicted octanol–water partition coefficient (Wildman–Crippen LogP) is 0.528. The third-order valence-corrected chi connectivity index (χ3v) is 2.09. The van der Waals surface area contributed by atoms with Crippen molar-refractivity contribution in [3.63, 3.8) is 0 Å². The van der Waals surface area contributed by atoms with Crippen LogP contribution in [0.2, 0.25) is 0 Å². The fraction of sp³-hybridized carbons (Fsp3) is 0.556. The van der Waals surface area contributed by atoms with Crippen LogP contribution in [0.5, 0.6) is 0 Å². The molecule has 1 fully saturated rings. The van der Waals surface area contributed by atoms with Gasteiger partial charge in [0, 0.05) is 18.9 Å². The Bertz CT molecular complexity index is 244. The summed E-state index contributed by atoms with van der Waals surface area (Å²) in [6.07, 6.45) is 6.24. The minimum atomic E-state index is 0.115. The van der Waals surface area contributed by atoms with Gasteiger partial charge in [-0.25, -0.2) is 0 Å². The van der Waals surface area contributed by atoms with E-state index in [1.165, 1.54) is 0 Å². The molecule has 0 radical (unpaired) electrons. The highest BCUT2D eigenvalue weighted by Crippen LogP contribution is 2.18. The molecule has 70 valence electrons. The maximum atomic E-state index is 5.62. The maximum absolute atomic E-state index is 5.62. The molecule has 0 aromatic carbocycles. The lowest BCUT2D eigenvalue weighted by Crippen LogP contribution is -2.16. The highest BCUT2D eigenvalue weighted by molar-refractivity contribution is 5.00. The zero-order valence-corrected chi connectivity index (χ0v) is 7.44. The summed E-state index contributed by atoms with van der Waals surface area (Å²) >= 11 is 0. The number of aromatic nitrogens is 2. The highest BCUT2D eigenvalue weighted by Gasteiger charge is 2.15. The summed E-state index contributed by atoms with van der Waals surface area (Å²) in [5.41, 5.74) is 0.936. The zero-order valence-electron chi connectivity index (χ0n) is 7.44. The summed E-state index contributed by atoms with van der Waals surface area (Å²) in [4.78, 5) is 8.26. The van der Waals surface area contributed by atoms with Crippen LogP contribution in [0.4, 0.5) is 0 Å². The van der Waals surface area contributed by atoms with Gasteiger partial charge < -0.3 is 10.1 Å². The molecule has 0 bridgehead atoms. The van der Waals surface area contributed by atoms with Crippen LogP contribution in [0.1, 0.15) is 18.2 Å². The summed E-state index contributed by atoms with van der Waals surface area (Å²) in [5.74, 6) is 0. The summed E-state index contributed by atoms with van der Waals surface area (Å²) in [6.45, 7) is 2.67. The SMILES string of the molecule is c1cnc([C@@H]2CCNCCO2)cn1. The van der Waals surface area contributed by atoms with E-state index in [4.69, 9.17) is 4.74 Å². The number of rotatable bonds is 1. The largest absolute Gasteiger partial charge is 0.370 e. The first kappa shape index (κ1) is 8.59. The smallest absolute Gasteiger partial charge is 0.102 e. The molecule has 2 rings (SSSR count). The molecular formula is C9H13N3O. The Morgan fingerprint density at radius 1 is 1.38 bits per heavy atom. The normalized spacial score (nSPS) is 23.8. The molecule has 1 saturated heterocycles. The van der Waals surface area contributed by atoms with Crippen molar-refractivity contribution in [3.05, 3.63) is 24.3 Å². The quantitative estimate of drug-likeness (QED) is 0.683. The first-order valence-electron chi connectivity index (χ1n) is 4.55. The fourth-order valence-electron chi connectivity index (χ4n) is 1.42. The molecule has 1 aliphatic heterocycles. The molecule has 4 nitrogen and oxygen atoms in total. The van der Waals surface area contributed by atoms with Crippen LogP contribution in [-0.4, -0.2) is 29.7 Å². The predicted molar refractivity (Wildman–Crippen MR) is 48.2 cm³/mol. The van der Waals surface area contributed by atoms with Gasteiger partial charge in [0.15, 0.2) is 0 Å². The minimum absolute atomic E-state index is 0.115. The van der Waals surface area contributed by atoms with E-state index in [2.05, 4.69) is 15.3 Å². The second-order valence-corrected chi connectivity index (χ2v) is 3.03. The standard InChI is InChI=1S/C9H13N3O/c1-2-10-5-6-13-9(1)8-7-11-3-4-12-8/h3-4,7,9-10H,1-2,5-6H2/t9-/m0/s1. The fourth-order valence-corrected chi connectivity index (χ4v) is 1.42. The third kappa shape index (κ3) is 2.23. The van der Waals surface area contributed by atoms with Crippen LogP contribution in [0.25, 0.3) is 0 Å². The zero-order chi connectivity index (χ0) is 8.93. The van der Waals surface area contributed by atoms with Crippen molar-refractivity contribution in [2.75, 3.05) is 19.7 Å². The number of nitrogens with one attached hydrogen (secondary N) is 1. The topological polar surface area (TPSA) is 47.0 Å². The second-order valence-electron chi connectivity index (χ2n) is 3.03. The molecule has 2 heterocycles. The average molecular weight is 179 g/mol.